The molecule has 1 aromatic carbocycles. The second-order valence-electron chi connectivity index (χ2n) is 3.86. The molecule has 2 nitrogen and oxygen atoms in total. The monoisotopic (exact) mass is 192 g/mol. The Morgan fingerprint density at radius 3 is 2.57 bits per heavy atom. The van der Waals surface area contributed by atoms with E-state index in [2.05, 4.69) is 0 Å². The van der Waals surface area contributed by atoms with Gasteiger partial charge in [-0.25, -0.2) is 0 Å². The van der Waals surface area contributed by atoms with Gasteiger partial charge in [-0.15, -0.1) is 0 Å². The predicted molar refractivity (Wildman–Crippen MR) is 56.5 cm³/mol. The molecule has 1 rings (SSSR count). The lowest BCUT2D eigenvalue weighted by molar-refractivity contribution is -0.143. The smallest absolute Gasteiger partial charge is 0.313 e. The van der Waals surface area contributed by atoms with Crippen molar-refractivity contribution in [1.29, 1.82) is 0 Å². The highest BCUT2D eigenvalue weighted by molar-refractivity contribution is 5.80. The summed E-state index contributed by atoms with van der Waals surface area (Å²) in [4.78, 5) is 11.2. The summed E-state index contributed by atoms with van der Waals surface area (Å²) in [7, 11) is 0. The second-order valence-corrected chi connectivity index (χ2v) is 3.86. The van der Waals surface area contributed by atoms with Gasteiger partial charge in [0.2, 0.25) is 0 Å². The summed E-state index contributed by atoms with van der Waals surface area (Å²) < 4.78 is 0. The Hall–Kier alpha value is -1.31. The van der Waals surface area contributed by atoms with Gasteiger partial charge in [-0.05, 0) is 25.8 Å². The van der Waals surface area contributed by atoms with Gasteiger partial charge >= 0.3 is 5.97 Å². The molecule has 1 unspecified atom stereocenters. The highest BCUT2D eigenvalue weighted by Crippen LogP contribution is 2.28. The Bertz CT molecular complexity index is 344. The zero-order chi connectivity index (χ0) is 10.8. The molecule has 0 amide bonds. The molecule has 0 saturated carbocycles. The van der Waals surface area contributed by atoms with Crippen LogP contribution in [-0.4, -0.2) is 11.1 Å². The summed E-state index contributed by atoms with van der Waals surface area (Å²) in [6.07, 6.45) is 0.603. The third-order valence-corrected chi connectivity index (χ3v) is 2.83. The Morgan fingerprint density at radius 1 is 1.50 bits per heavy atom. The van der Waals surface area contributed by atoms with Crippen LogP contribution in [0.25, 0.3) is 0 Å². The molecule has 1 aromatic rings. The topological polar surface area (TPSA) is 37.3 Å². The largest absolute Gasteiger partial charge is 0.481 e. The molecule has 14 heavy (non-hydrogen) atoms. The van der Waals surface area contributed by atoms with E-state index >= 15 is 0 Å². The standard InChI is InChI=1S/C12H16O2/c1-4-12(3,11(13)14)10-7-5-6-9(2)8-10/h5-8H,4H2,1-3H3,(H,13,14). The molecule has 0 aliphatic rings. The van der Waals surface area contributed by atoms with Gasteiger partial charge in [-0.3, -0.25) is 4.79 Å². The first-order valence-electron chi connectivity index (χ1n) is 4.81. The van der Waals surface area contributed by atoms with Crippen LogP contribution < -0.4 is 0 Å². The quantitative estimate of drug-likeness (QED) is 0.799. The molecule has 0 aliphatic heterocycles. The van der Waals surface area contributed by atoms with E-state index in [-0.39, 0.29) is 0 Å². The molecule has 1 N–H and O–H groups in total. The molecular weight excluding hydrogens is 176 g/mol. The SMILES string of the molecule is CCC(C)(C(=O)O)c1cccc(C)c1. The predicted octanol–water partition coefficient (Wildman–Crippen LogP) is 2.75. The van der Waals surface area contributed by atoms with E-state index in [4.69, 9.17) is 0 Å². The number of benzene rings is 1. The van der Waals surface area contributed by atoms with Crippen LogP contribution in [0.3, 0.4) is 0 Å². The highest BCUT2D eigenvalue weighted by atomic mass is 16.4. The normalized spacial score (nSPS) is 14.8. The number of hydrogen-bond donors (Lipinski definition) is 1. The van der Waals surface area contributed by atoms with Crippen molar-refractivity contribution in [1.82, 2.24) is 0 Å². The van der Waals surface area contributed by atoms with Gasteiger partial charge in [0.05, 0.1) is 5.41 Å². The van der Waals surface area contributed by atoms with Crippen molar-refractivity contribution in [3.8, 4) is 0 Å². The molecule has 0 spiro atoms. The van der Waals surface area contributed by atoms with Crippen LogP contribution in [0.5, 0.6) is 0 Å². The molecule has 0 saturated heterocycles. The lowest BCUT2D eigenvalue weighted by atomic mass is 9.80. The fourth-order valence-corrected chi connectivity index (χ4v) is 1.47. The van der Waals surface area contributed by atoms with Crippen molar-refractivity contribution >= 4 is 5.97 Å². The Kier molecular flexibility index (Phi) is 2.94. The van der Waals surface area contributed by atoms with Crippen molar-refractivity contribution in [2.45, 2.75) is 32.6 Å². The highest BCUT2D eigenvalue weighted by Gasteiger charge is 2.32. The first-order chi connectivity index (χ1) is 6.50. The Balaban J connectivity index is 3.19. The Labute approximate surface area is 84.6 Å². The molecule has 1 atom stereocenters. The summed E-state index contributed by atoms with van der Waals surface area (Å²) in [6, 6.07) is 7.70. The van der Waals surface area contributed by atoms with Crippen LogP contribution in [0.2, 0.25) is 0 Å². The van der Waals surface area contributed by atoms with Gasteiger partial charge < -0.3 is 5.11 Å². The molecule has 76 valence electrons. The van der Waals surface area contributed by atoms with E-state index in [9.17, 15) is 9.90 Å². The van der Waals surface area contributed by atoms with Gasteiger partial charge in [0.1, 0.15) is 0 Å². The zero-order valence-corrected chi connectivity index (χ0v) is 8.87. The molecule has 0 bridgehead atoms. The molecular formula is C12H16O2. The maximum Gasteiger partial charge on any atom is 0.313 e. The maximum absolute atomic E-state index is 11.2. The van der Waals surface area contributed by atoms with Crippen LogP contribution in [0.1, 0.15) is 31.4 Å². The fraction of sp³-hybridized carbons (Fsp3) is 0.417. The van der Waals surface area contributed by atoms with Crippen LogP contribution in [0.15, 0.2) is 24.3 Å². The number of aliphatic carboxylic acids is 1. The zero-order valence-electron chi connectivity index (χ0n) is 8.87. The van der Waals surface area contributed by atoms with E-state index in [0.29, 0.717) is 6.42 Å². The van der Waals surface area contributed by atoms with E-state index in [1.807, 2.05) is 38.1 Å². The van der Waals surface area contributed by atoms with Crippen molar-refractivity contribution in [2.75, 3.05) is 0 Å². The van der Waals surface area contributed by atoms with Gasteiger partial charge in [0.15, 0.2) is 0 Å². The van der Waals surface area contributed by atoms with Crippen LogP contribution in [0.4, 0.5) is 0 Å². The number of carboxylic acid groups (broad SMARTS) is 1. The number of carboxylic acids is 1. The van der Waals surface area contributed by atoms with Crippen molar-refractivity contribution in [2.24, 2.45) is 0 Å². The van der Waals surface area contributed by atoms with Crippen molar-refractivity contribution < 1.29 is 9.90 Å². The van der Waals surface area contributed by atoms with Gasteiger partial charge in [-0.1, -0.05) is 36.8 Å². The summed E-state index contributed by atoms with van der Waals surface area (Å²) in [6.45, 7) is 5.64. The summed E-state index contributed by atoms with van der Waals surface area (Å²) >= 11 is 0. The minimum Gasteiger partial charge on any atom is -0.481 e. The van der Waals surface area contributed by atoms with Gasteiger partial charge in [0.25, 0.3) is 0 Å². The molecule has 0 heterocycles. The van der Waals surface area contributed by atoms with E-state index in [1.54, 1.807) is 6.92 Å². The molecule has 0 aromatic heterocycles. The van der Waals surface area contributed by atoms with Crippen molar-refractivity contribution in [3.63, 3.8) is 0 Å². The van der Waals surface area contributed by atoms with Crippen molar-refractivity contribution in [3.05, 3.63) is 35.4 Å². The molecule has 0 radical (unpaired) electrons. The first kappa shape index (κ1) is 10.8. The second kappa shape index (κ2) is 3.82. The molecule has 2 heteroatoms. The van der Waals surface area contributed by atoms with Gasteiger partial charge in [-0.2, -0.15) is 0 Å². The Morgan fingerprint density at radius 2 is 2.14 bits per heavy atom. The maximum atomic E-state index is 11.2. The van der Waals surface area contributed by atoms with E-state index < -0.39 is 11.4 Å². The fourth-order valence-electron chi connectivity index (χ4n) is 1.47. The minimum absolute atomic E-state index is 0.603. The number of aryl methyl sites for hydroxylation is 1. The van der Waals surface area contributed by atoms with E-state index in [0.717, 1.165) is 11.1 Å². The average Bonchev–Trinajstić information content (AvgIpc) is 2.16. The summed E-state index contributed by atoms with van der Waals surface area (Å²) in [5.74, 6) is -0.759. The minimum atomic E-state index is -0.759. The third kappa shape index (κ3) is 1.79. The van der Waals surface area contributed by atoms with Gasteiger partial charge in [0, 0.05) is 0 Å². The van der Waals surface area contributed by atoms with Crippen LogP contribution in [0, 0.1) is 6.92 Å². The average molecular weight is 192 g/mol. The molecule has 0 fully saturated rings. The summed E-state index contributed by atoms with van der Waals surface area (Å²) in [5.41, 5.74) is 1.22. The lowest BCUT2D eigenvalue weighted by Crippen LogP contribution is -2.31. The van der Waals surface area contributed by atoms with Crippen LogP contribution in [-0.2, 0) is 10.2 Å². The lowest BCUT2D eigenvalue weighted by Gasteiger charge is -2.23. The number of hydrogen-bond acceptors (Lipinski definition) is 1. The third-order valence-electron chi connectivity index (χ3n) is 2.83. The summed E-state index contributed by atoms with van der Waals surface area (Å²) in [5, 5.41) is 9.18. The first-order valence-corrected chi connectivity index (χ1v) is 4.81. The number of rotatable bonds is 3. The number of carbonyl (C=O) groups is 1. The van der Waals surface area contributed by atoms with Crippen LogP contribution >= 0.6 is 0 Å². The van der Waals surface area contributed by atoms with E-state index in [1.165, 1.54) is 0 Å². The molecule has 0 aliphatic carbocycles.